The molecule has 1 amide bonds. The summed E-state index contributed by atoms with van der Waals surface area (Å²) in [4.78, 5) is 30.7. The molecule has 1 aliphatic rings. The van der Waals surface area contributed by atoms with E-state index < -0.39 is 0 Å². The van der Waals surface area contributed by atoms with Gasteiger partial charge in [0.2, 0.25) is 5.91 Å². The van der Waals surface area contributed by atoms with Crippen LogP contribution in [0.2, 0.25) is 0 Å². The molecule has 0 spiro atoms. The minimum atomic E-state index is -0.137. The van der Waals surface area contributed by atoms with E-state index in [-0.39, 0.29) is 18.0 Å². The number of thiophene rings is 1. The molecule has 2 heterocycles. The van der Waals surface area contributed by atoms with Crippen LogP contribution < -0.4 is 10.9 Å². The minimum absolute atomic E-state index is 0.0480. The molecule has 20 heavy (non-hydrogen) atoms. The molecular weight excluding hydrogens is 274 g/mol. The third-order valence-electron chi connectivity index (χ3n) is 3.58. The van der Waals surface area contributed by atoms with Crippen LogP contribution in [-0.4, -0.2) is 22.0 Å². The third-order valence-corrected chi connectivity index (χ3v) is 4.78. The fourth-order valence-electron chi connectivity index (χ4n) is 2.61. The molecule has 1 N–H and O–H groups in total. The molecule has 3 rings (SSSR count). The maximum absolute atomic E-state index is 12.5. The highest BCUT2D eigenvalue weighted by atomic mass is 32.1. The van der Waals surface area contributed by atoms with Gasteiger partial charge < -0.3 is 5.32 Å². The maximum atomic E-state index is 12.5. The molecule has 0 saturated carbocycles. The van der Waals surface area contributed by atoms with Crippen molar-refractivity contribution in [3.8, 4) is 0 Å². The first-order valence-corrected chi connectivity index (χ1v) is 7.78. The van der Waals surface area contributed by atoms with Crippen LogP contribution in [0.15, 0.2) is 11.1 Å². The molecule has 106 valence electrons. The second-order valence-electron chi connectivity index (χ2n) is 5.07. The predicted molar refractivity (Wildman–Crippen MR) is 79.2 cm³/mol. The zero-order chi connectivity index (χ0) is 14.1. The molecule has 6 heteroatoms. The molecule has 0 aromatic carbocycles. The van der Waals surface area contributed by atoms with E-state index >= 15 is 0 Å². The second-order valence-corrected chi connectivity index (χ2v) is 6.15. The van der Waals surface area contributed by atoms with E-state index in [1.54, 1.807) is 11.3 Å². The Bertz CT molecular complexity index is 717. The van der Waals surface area contributed by atoms with Gasteiger partial charge in [-0.1, -0.05) is 6.92 Å². The summed E-state index contributed by atoms with van der Waals surface area (Å²) in [6.07, 6.45) is 5.49. The van der Waals surface area contributed by atoms with Gasteiger partial charge in [0.05, 0.1) is 11.7 Å². The summed E-state index contributed by atoms with van der Waals surface area (Å²) >= 11 is 1.62. The summed E-state index contributed by atoms with van der Waals surface area (Å²) < 4.78 is 1.42. The highest BCUT2D eigenvalue weighted by Crippen LogP contribution is 2.34. The third kappa shape index (κ3) is 2.24. The molecule has 5 nitrogen and oxygen atoms in total. The zero-order valence-electron chi connectivity index (χ0n) is 11.4. The first-order valence-electron chi connectivity index (χ1n) is 6.97. The van der Waals surface area contributed by atoms with Crippen molar-refractivity contribution < 1.29 is 4.79 Å². The van der Waals surface area contributed by atoms with Crippen LogP contribution in [0.4, 0.5) is 0 Å². The van der Waals surface area contributed by atoms with Crippen LogP contribution in [0.1, 0.15) is 30.2 Å². The van der Waals surface area contributed by atoms with Gasteiger partial charge in [-0.05, 0) is 31.2 Å². The van der Waals surface area contributed by atoms with Gasteiger partial charge in [-0.3, -0.25) is 14.2 Å². The number of rotatable bonds is 4. The van der Waals surface area contributed by atoms with Crippen molar-refractivity contribution in [2.75, 3.05) is 6.54 Å². The quantitative estimate of drug-likeness (QED) is 0.928. The molecule has 0 atom stereocenters. The highest BCUT2D eigenvalue weighted by molar-refractivity contribution is 7.18. The molecular formula is C14H17N3O2S. The number of nitrogens with one attached hydrogen (secondary N) is 1. The van der Waals surface area contributed by atoms with Gasteiger partial charge in [0.1, 0.15) is 11.4 Å². The zero-order valence-corrected chi connectivity index (χ0v) is 12.3. The molecule has 0 saturated heterocycles. The van der Waals surface area contributed by atoms with Crippen molar-refractivity contribution in [3.63, 3.8) is 0 Å². The number of hydrogen-bond donors (Lipinski definition) is 1. The van der Waals surface area contributed by atoms with Crippen LogP contribution in [0.25, 0.3) is 10.2 Å². The molecule has 1 aliphatic carbocycles. The van der Waals surface area contributed by atoms with Gasteiger partial charge >= 0.3 is 0 Å². The molecule has 0 fully saturated rings. The number of amides is 1. The predicted octanol–water partition coefficient (Wildman–Crippen LogP) is 1.47. The number of fused-ring (bicyclic) bond motifs is 3. The Morgan fingerprint density at radius 1 is 1.50 bits per heavy atom. The monoisotopic (exact) mass is 291 g/mol. The van der Waals surface area contributed by atoms with E-state index in [0.29, 0.717) is 6.54 Å². The average Bonchev–Trinajstić information content (AvgIpc) is 2.99. The second kappa shape index (κ2) is 5.36. The van der Waals surface area contributed by atoms with Gasteiger partial charge in [-0.25, -0.2) is 4.98 Å². The summed E-state index contributed by atoms with van der Waals surface area (Å²) in [5, 5.41) is 3.51. The maximum Gasteiger partial charge on any atom is 0.262 e. The lowest BCUT2D eigenvalue weighted by Gasteiger charge is -2.06. The Hall–Kier alpha value is -1.69. The summed E-state index contributed by atoms with van der Waals surface area (Å²) in [5.41, 5.74) is 1.08. The molecule has 0 radical (unpaired) electrons. The van der Waals surface area contributed by atoms with E-state index in [1.807, 2.05) is 6.92 Å². The lowest BCUT2D eigenvalue weighted by atomic mass is 10.2. The standard InChI is InChI=1S/C14H17N3O2S/c1-2-6-15-11(18)7-17-8-16-13-12(14(17)19)9-4-3-5-10(9)20-13/h8H,2-7H2,1H3,(H,15,18). The fourth-order valence-corrected chi connectivity index (χ4v) is 3.83. The minimum Gasteiger partial charge on any atom is -0.355 e. The Kier molecular flexibility index (Phi) is 3.56. The molecule has 0 aliphatic heterocycles. The lowest BCUT2D eigenvalue weighted by Crippen LogP contribution is -2.32. The first-order chi connectivity index (χ1) is 9.70. The van der Waals surface area contributed by atoms with E-state index in [4.69, 9.17) is 0 Å². The fraction of sp³-hybridized carbons (Fsp3) is 0.500. The number of hydrogen-bond acceptors (Lipinski definition) is 4. The largest absolute Gasteiger partial charge is 0.355 e. The smallest absolute Gasteiger partial charge is 0.262 e. The number of carbonyl (C=O) groups excluding carboxylic acids is 1. The highest BCUT2D eigenvalue weighted by Gasteiger charge is 2.21. The number of carbonyl (C=O) groups is 1. The van der Waals surface area contributed by atoms with Gasteiger partial charge in [-0.2, -0.15) is 0 Å². The Balaban J connectivity index is 1.95. The van der Waals surface area contributed by atoms with Gasteiger partial charge in [-0.15, -0.1) is 11.3 Å². The van der Waals surface area contributed by atoms with E-state index in [1.165, 1.54) is 15.8 Å². The summed E-state index contributed by atoms with van der Waals surface area (Å²) in [6.45, 7) is 2.68. The molecule has 0 unspecified atom stereocenters. The Morgan fingerprint density at radius 2 is 2.35 bits per heavy atom. The van der Waals surface area contributed by atoms with Crippen molar-refractivity contribution in [1.29, 1.82) is 0 Å². The topological polar surface area (TPSA) is 64.0 Å². The normalized spacial score (nSPS) is 13.7. The lowest BCUT2D eigenvalue weighted by molar-refractivity contribution is -0.121. The van der Waals surface area contributed by atoms with Crippen molar-refractivity contribution in [2.45, 2.75) is 39.2 Å². The van der Waals surface area contributed by atoms with Crippen molar-refractivity contribution in [3.05, 3.63) is 27.1 Å². The van der Waals surface area contributed by atoms with Crippen LogP contribution in [0.3, 0.4) is 0 Å². The van der Waals surface area contributed by atoms with Crippen LogP contribution in [0.5, 0.6) is 0 Å². The van der Waals surface area contributed by atoms with E-state index in [9.17, 15) is 9.59 Å². The van der Waals surface area contributed by atoms with Crippen molar-refractivity contribution >= 4 is 27.5 Å². The van der Waals surface area contributed by atoms with Crippen LogP contribution >= 0.6 is 11.3 Å². The van der Waals surface area contributed by atoms with Crippen molar-refractivity contribution in [1.82, 2.24) is 14.9 Å². The first kappa shape index (κ1) is 13.3. The number of nitrogens with zero attached hydrogens (tertiary/aromatic N) is 2. The van der Waals surface area contributed by atoms with E-state index in [2.05, 4.69) is 10.3 Å². The number of aryl methyl sites for hydroxylation is 2. The average molecular weight is 291 g/mol. The van der Waals surface area contributed by atoms with Crippen molar-refractivity contribution in [2.24, 2.45) is 0 Å². The Morgan fingerprint density at radius 3 is 3.15 bits per heavy atom. The van der Waals surface area contributed by atoms with Gasteiger partial charge in [0.15, 0.2) is 0 Å². The molecule has 0 bridgehead atoms. The number of aromatic nitrogens is 2. The van der Waals surface area contributed by atoms with E-state index in [0.717, 1.165) is 41.5 Å². The van der Waals surface area contributed by atoms with Gasteiger partial charge in [0.25, 0.3) is 5.56 Å². The Labute approximate surface area is 120 Å². The van der Waals surface area contributed by atoms with Crippen LogP contribution in [0, 0.1) is 0 Å². The summed E-state index contributed by atoms with van der Waals surface area (Å²) in [7, 11) is 0. The summed E-state index contributed by atoms with van der Waals surface area (Å²) in [6, 6.07) is 0. The van der Waals surface area contributed by atoms with Crippen LogP contribution in [-0.2, 0) is 24.2 Å². The summed E-state index contributed by atoms with van der Waals surface area (Å²) in [5.74, 6) is -0.137. The SMILES string of the molecule is CCCNC(=O)Cn1cnc2sc3c(c2c1=O)CCC3. The molecule has 2 aromatic heterocycles. The molecule has 2 aromatic rings. The van der Waals surface area contributed by atoms with Gasteiger partial charge in [0, 0.05) is 11.4 Å².